The molecule has 2 aromatic carbocycles. The second-order valence-corrected chi connectivity index (χ2v) is 8.80. The maximum Gasteiger partial charge on any atom is 0.410 e. The average Bonchev–Trinajstić information content (AvgIpc) is 2.79. The largest absolute Gasteiger partial charge is 0.490 e. The number of fused-ring (bicyclic) bond motifs is 2. The fraction of sp³-hybridized carbons (Fsp3) is 0.500. The van der Waals surface area contributed by atoms with E-state index in [2.05, 4.69) is 0 Å². The van der Waals surface area contributed by atoms with Crippen LogP contribution >= 0.6 is 0 Å². The zero-order valence-electron chi connectivity index (χ0n) is 18.7. The van der Waals surface area contributed by atoms with E-state index < -0.39 is 5.60 Å². The van der Waals surface area contributed by atoms with E-state index in [1.165, 1.54) is 0 Å². The number of carbonyl (C=O) groups is 1. The third-order valence-electron chi connectivity index (χ3n) is 6.48. The topological polar surface area (TPSA) is 68.2 Å². The van der Waals surface area contributed by atoms with E-state index in [-0.39, 0.29) is 24.8 Å². The Morgan fingerprint density at radius 2 is 1.62 bits per heavy atom. The van der Waals surface area contributed by atoms with Crippen LogP contribution in [0.25, 0.3) is 0 Å². The van der Waals surface area contributed by atoms with Crippen molar-refractivity contribution in [2.24, 2.45) is 0 Å². The van der Waals surface area contributed by atoms with Gasteiger partial charge >= 0.3 is 6.09 Å². The van der Waals surface area contributed by atoms with E-state index in [1.54, 1.807) is 0 Å². The molecule has 2 saturated heterocycles. The summed E-state index contributed by atoms with van der Waals surface area (Å²) in [6.45, 7) is 3.19. The lowest BCUT2D eigenvalue weighted by atomic mass is 9.74. The highest BCUT2D eigenvalue weighted by Gasteiger charge is 2.47. The number of piperidine rings is 2. The molecule has 2 heterocycles. The normalized spacial score (nSPS) is 24.6. The lowest BCUT2D eigenvalue weighted by Crippen LogP contribution is -2.60. The van der Waals surface area contributed by atoms with Gasteiger partial charge in [-0.3, -0.25) is 0 Å². The van der Waals surface area contributed by atoms with Crippen LogP contribution in [0.5, 0.6) is 11.5 Å². The van der Waals surface area contributed by atoms with Crippen LogP contribution in [0, 0.1) is 0 Å². The maximum atomic E-state index is 12.9. The molecular formula is C26H33NO5. The number of hydrogen-bond donors (Lipinski definition) is 1. The van der Waals surface area contributed by atoms with Crippen LogP contribution in [-0.4, -0.2) is 47.0 Å². The van der Waals surface area contributed by atoms with Crippen molar-refractivity contribution in [2.45, 2.75) is 69.7 Å². The van der Waals surface area contributed by atoms with Crippen molar-refractivity contribution < 1.29 is 24.1 Å². The van der Waals surface area contributed by atoms with Crippen LogP contribution in [0.2, 0.25) is 0 Å². The summed E-state index contributed by atoms with van der Waals surface area (Å²) in [7, 11) is 0. The van der Waals surface area contributed by atoms with Gasteiger partial charge in [0.2, 0.25) is 0 Å². The number of benzene rings is 2. The van der Waals surface area contributed by atoms with Crippen molar-refractivity contribution in [3.05, 3.63) is 60.2 Å². The minimum absolute atomic E-state index is 0.00600. The highest BCUT2D eigenvalue weighted by atomic mass is 16.6. The minimum atomic E-state index is -0.841. The Labute approximate surface area is 190 Å². The monoisotopic (exact) mass is 439 g/mol. The number of carbonyl (C=O) groups excluding carboxylic acids is 1. The van der Waals surface area contributed by atoms with Gasteiger partial charge in [-0.25, -0.2) is 4.79 Å². The molecule has 0 spiro atoms. The summed E-state index contributed by atoms with van der Waals surface area (Å²) in [4.78, 5) is 14.8. The van der Waals surface area contributed by atoms with Gasteiger partial charge in [0.15, 0.2) is 11.5 Å². The van der Waals surface area contributed by atoms with Crippen LogP contribution in [0.1, 0.15) is 51.0 Å². The average molecular weight is 440 g/mol. The Morgan fingerprint density at radius 1 is 1.00 bits per heavy atom. The van der Waals surface area contributed by atoms with Gasteiger partial charge in [-0.15, -0.1) is 0 Å². The van der Waals surface area contributed by atoms with Crippen molar-refractivity contribution in [1.82, 2.24) is 4.90 Å². The molecule has 32 heavy (non-hydrogen) atoms. The molecule has 1 amide bonds. The molecule has 2 aliphatic rings. The van der Waals surface area contributed by atoms with E-state index >= 15 is 0 Å². The fourth-order valence-electron chi connectivity index (χ4n) is 5.02. The number of hydrogen-bond acceptors (Lipinski definition) is 5. The number of amides is 1. The first kappa shape index (κ1) is 22.5. The lowest BCUT2D eigenvalue weighted by Gasteiger charge is -2.51. The Morgan fingerprint density at radius 3 is 2.28 bits per heavy atom. The zero-order valence-corrected chi connectivity index (χ0v) is 18.7. The summed E-state index contributed by atoms with van der Waals surface area (Å²) in [6, 6.07) is 17.3. The Balaban J connectivity index is 1.33. The molecule has 2 aromatic rings. The number of ether oxygens (including phenoxy) is 3. The molecule has 6 heteroatoms. The van der Waals surface area contributed by atoms with E-state index in [9.17, 15) is 9.90 Å². The SMILES string of the molecule is CCOc1ccccc1OCCC1(O)CC2CCCC(C1)N2C(=O)OCc1ccccc1. The van der Waals surface area contributed by atoms with Crippen LogP contribution in [-0.2, 0) is 11.3 Å². The molecule has 2 atom stereocenters. The first-order chi connectivity index (χ1) is 15.6. The quantitative estimate of drug-likeness (QED) is 0.631. The summed E-state index contributed by atoms with van der Waals surface area (Å²) in [5.41, 5.74) is 0.135. The van der Waals surface area contributed by atoms with Gasteiger partial charge in [0, 0.05) is 18.5 Å². The fourth-order valence-corrected chi connectivity index (χ4v) is 5.02. The summed E-state index contributed by atoms with van der Waals surface area (Å²) in [5.74, 6) is 1.41. The molecule has 1 N–H and O–H groups in total. The van der Waals surface area contributed by atoms with Gasteiger partial charge in [0.1, 0.15) is 6.61 Å². The molecular weight excluding hydrogens is 406 g/mol. The van der Waals surface area contributed by atoms with Gasteiger partial charge in [0.25, 0.3) is 0 Å². The predicted octanol–water partition coefficient (Wildman–Crippen LogP) is 4.94. The number of nitrogens with zero attached hydrogens (tertiary/aromatic N) is 1. The van der Waals surface area contributed by atoms with Crippen molar-refractivity contribution in [3.63, 3.8) is 0 Å². The van der Waals surface area contributed by atoms with Gasteiger partial charge in [-0.05, 0) is 56.7 Å². The molecule has 6 nitrogen and oxygen atoms in total. The van der Waals surface area contributed by atoms with Crippen molar-refractivity contribution in [3.8, 4) is 11.5 Å². The number of aliphatic hydroxyl groups is 1. The molecule has 0 aromatic heterocycles. The molecule has 4 rings (SSSR count). The van der Waals surface area contributed by atoms with E-state index in [0.29, 0.717) is 38.2 Å². The van der Waals surface area contributed by atoms with Crippen molar-refractivity contribution >= 4 is 6.09 Å². The van der Waals surface area contributed by atoms with Crippen LogP contribution in [0.4, 0.5) is 4.79 Å². The minimum Gasteiger partial charge on any atom is -0.490 e. The Kier molecular flexibility index (Phi) is 7.20. The predicted molar refractivity (Wildman–Crippen MR) is 122 cm³/mol. The van der Waals surface area contributed by atoms with Crippen LogP contribution in [0.15, 0.2) is 54.6 Å². The van der Waals surface area contributed by atoms with Crippen molar-refractivity contribution in [2.75, 3.05) is 13.2 Å². The van der Waals surface area contributed by atoms with Gasteiger partial charge in [-0.1, -0.05) is 42.5 Å². The highest BCUT2D eigenvalue weighted by molar-refractivity contribution is 5.69. The summed E-state index contributed by atoms with van der Waals surface area (Å²) in [6.07, 6.45) is 4.23. The summed E-state index contributed by atoms with van der Waals surface area (Å²) < 4.78 is 17.2. The first-order valence-electron chi connectivity index (χ1n) is 11.6. The molecule has 2 unspecified atom stereocenters. The standard InChI is InChI=1S/C26H33NO5/c1-2-30-23-13-6-7-14-24(23)31-16-15-26(29)17-21-11-8-12-22(18-26)27(21)25(28)32-19-20-9-4-3-5-10-20/h3-7,9-10,13-14,21-22,29H,2,8,11-12,15-19H2,1H3. The molecule has 172 valence electrons. The summed E-state index contributed by atoms with van der Waals surface area (Å²) in [5, 5.41) is 11.3. The third-order valence-corrected chi connectivity index (χ3v) is 6.48. The van der Waals surface area contributed by atoms with Crippen LogP contribution in [0.3, 0.4) is 0 Å². The molecule has 0 radical (unpaired) electrons. The van der Waals surface area contributed by atoms with Crippen molar-refractivity contribution in [1.29, 1.82) is 0 Å². The Hall–Kier alpha value is -2.73. The molecule has 2 bridgehead atoms. The van der Waals surface area contributed by atoms with Gasteiger partial charge < -0.3 is 24.2 Å². The van der Waals surface area contributed by atoms with E-state index in [4.69, 9.17) is 14.2 Å². The second kappa shape index (κ2) is 10.3. The molecule has 2 fully saturated rings. The van der Waals surface area contributed by atoms with Gasteiger partial charge in [-0.2, -0.15) is 0 Å². The molecule has 2 aliphatic heterocycles. The third kappa shape index (κ3) is 5.36. The second-order valence-electron chi connectivity index (χ2n) is 8.80. The summed E-state index contributed by atoms with van der Waals surface area (Å²) >= 11 is 0. The Bertz CT molecular complexity index is 873. The lowest BCUT2D eigenvalue weighted by molar-refractivity contribution is -0.0929. The maximum absolute atomic E-state index is 12.9. The first-order valence-corrected chi connectivity index (χ1v) is 11.6. The van der Waals surface area contributed by atoms with E-state index in [1.807, 2.05) is 66.4 Å². The van der Waals surface area contributed by atoms with Gasteiger partial charge in [0.05, 0.1) is 18.8 Å². The van der Waals surface area contributed by atoms with E-state index in [0.717, 1.165) is 30.6 Å². The van der Waals surface area contributed by atoms with Crippen LogP contribution < -0.4 is 9.47 Å². The number of para-hydroxylation sites is 2. The highest BCUT2D eigenvalue weighted by Crippen LogP contribution is 2.41. The number of rotatable bonds is 8. The molecule has 0 aliphatic carbocycles. The smallest absolute Gasteiger partial charge is 0.410 e. The molecule has 0 saturated carbocycles. The zero-order chi connectivity index (χ0) is 22.4.